The molecule has 0 aliphatic rings. The van der Waals surface area contributed by atoms with Crippen molar-refractivity contribution in [3.8, 4) is 0 Å². The van der Waals surface area contributed by atoms with Crippen molar-refractivity contribution in [1.29, 1.82) is 0 Å². The maximum Gasteiger partial charge on any atom is 0.322 e. The van der Waals surface area contributed by atoms with Crippen LogP contribution in [0.1, 0.15) is 5.01 Å². The fraction of sp³-hybridized carbons (Fsp3) is 0.375. The van der Waals surface area contributed by atoms with Gasteiger partial charge in [0.05, 0.1) is 17.7 Å². The van der Waals surface area contributed by atoms with Crippen LogP contribution in [0, 0.1) is 6.92 Å². The van der Waals surface area contributed by atoms with E-state index in [4.69, 9.17) is 5.11 Å². The number of thiazole rings is 1. The number of nitrogens with zero attached hydrogens (tertiary/aromatic N) is 1. The summed E-state index contributed by atoms with van der Waals surface area (Å²) in [5.41, 5.74) is 0. The molecule has 1 aromatic heterocycles. The molecule has 8 nitrogen and oxygen atoms in total. The van der Waals surface area contributed by atoms with Gasteiger partial charge in [-0.1, -0.05) is 0 Å². The van der Waals surface area contributed by atoms with E-state index in [2.05, 4.69) is 4.98 Å². The highest BCUT2D eigenvalue weighted by Gasteiger charge is 2.18. The van der Waals surface area contributed by atoms with E-state index in [0.717, 1.165) is 11.3 Å². The molecule has 0 spiro atoms. The maximum absolute atomic E-state index is 11.7. The number of hydrogen-bond donors (Lipinski definition) is 3. The molecule has 0 bridgehead atoms. The van der Waals surface area contributed by atoms with E-state index in [1.807, 2.05) is 10.0 Å². The van der Waals surface area contributed by atoms with Crippen LogP contribution in [0.4, 0.5) is 0 Å². The summed E-state index contributed by atoms with van der Waals surface area (Å²) in [4.78, 5) is 25.1. The summed E-state index contributed by atoms with van der Waals surface area (Å²) in [7, 11) is -3.78. The molecule has 1 heterocycles. The first kappa shape index (κ1) is 14.5. The molecule has 100 valence electrons. The number of aliphatic carboxylic acids is 1. The van der Waals surface area contributed by atoms with E-state index in [1.165, 1.54) is 6.20 Å². The summed E-state index contributed by atoms with van der Waals surface area (Å²) in [5, 5.41) is 10.9. The standard InChI is InChI=1S/C8H11N3O5S2/c1-5-9-4-8(17-5)18(15,16)11-2-6(12)10-3-7(13)14/h4,11H,2-3H2,1H3,(H,10,12)(H,13,14). The topological polar surface area (TPSA) is 125 Å². The van der Waals surface area contributed by atoms with Crippen molar-refractivity contribution in [1.82, 2.24) is 15.0 Å². The minimum absolute atomic E-state index is 0.00559. The third kappa shape index (κ3) is 4.39. The summed E-state index contributed by atoms with van der Waals surface area (Å²) in [6, 6.07) is 0. The molecular formula is C8H11N3O5S2. The highest BCUT2D eigenvalue weighted by Crippen LogP contribution is 2.16. The molecule has 0 fully saturated rings. The maximum atomic E-state index is 11.7. The van der Waals surface area contributed by atoms with Gasteiger partial charge in [0.15, 0.2) is 4.21 Å². The highest BCUT2D eigenvalue weighted by molar-refractivity contribution is 7.91. The number of hydrogen-bond acceptors (Lipinski definition) is 6. The Kier molecular flexibility index (Phi) is 4.76. The summed E-state index contributed by atoms with van der Waals surface area (Å²) < 4.78 is 25.4. The number of amides is 1. The highest BCUT2D eigenvalue weighted by atomic mass is 32.2. The lowest BCUT2D eigenvalue weighted by molar-refractivity contribution is -0.137. The summed E-state index contributed by atoms with van der Waals surface area (Å²) >= 11 is 0.977. The van der Waals surface area contributed by atoms with Crippen LogP contribution in [-0.2, 0) is 19.6 Å². The smallest absolute Gasteiger partial charge is 0.322 e. The van der Waals surface area contributed by atoms with Gasteiger partial charge in [0, 0.05) is 0 Å². The molecular weight excluding hydrogens is 282 g/mol. The fourth-order valence-corrected chi connectivity index (χ4v) is 3.07. The molecule has 0 atom stereocenters. The molecule has 0 saturated heterocycles. The van der Waals surface area contributed by atoms with E-state index in [-0.39, 0.29) is 4.21 Å². The van der Waals surface area contributed by atoms with E-state index >= 15 is 0 Å². The van der Waals surface area contributed by atoms with Crippen molar-refractivity contribution in [3.63, 3.8) is 0 Å². The number of carbonyl (C=O) groups excluding carboxylic acids is 1. The van der Waals surface area contributed by atoms with Crippen LogP contribution >= 0.6 is 11.3 Å². The predicted octanol–water partition coefficient (Wildman–Crippen LogP) is -1.07. The molecule has 0 aromatic carbocycles. The minimum atomic E-state index is -3.78. The van der Waals surface area contributed by atoms with Crippen LogP contribution < -0.4 is 10.0 Å². The predicted molar refractivity (Wildman–Crippen MR) is 62.7 cm³/mol. The zero-order valence-electron chi connectivity index (χ0n) is 9.34. The molecule has 10 heteroatoms. The fourth-order valence-electron chi connectivity index (χ4n) is 0.935. The SMILES string of the molecule is Cc1ncc(S(=O)(=O)NCC(=O)NCC(=O)O)s1. The van der Waals surface area contributed by atoms with Crippen molar-refractivity contribution >= 4 is 33.2 Å². The average Bonchev–Trinajstić information content (AvgIpc) is 2.71. The zero-order chi connectivity index (χ0) is 13.8. The number of sulfonamides is 1. The first-order valence-electron chi connectivity index (χ1n) is 4.72. The van der Waals surface area contributed by atoms with Crippen LogP contribution in [0.3, 0.4) is 0 Å². The quantitative estimate of drug-likeness (QED) is 0.613. The second-order valence-electron chi connectivity index (χ2n) is 3.19. The molecule has 1 amide bonds. The molecule has 0 saturated carbocycles. The Hall–Kier alpha value is -1.52. The van der Waals surface area contributed by atoms with Gasteiger partial charge in [-0.15, -0.1) is 11.3 Å². The van der Waals surface area contributed by atoms with Crippen LogP contribution in [-0.4, -0.2) is 43.5 Å². The van der Waals surface area contributed by atoms with Gasteiger partial charge < -0.3 is 10.4 Å². The summed E-state index contributed by atoms with van der Waals surface area (Å²) in [6.07, 6.45) is 1.19. The van der Waals surface area contributed by atoms with Crippen molar-refractivity contribution in [2.75, 3.05) is 13.1 Å². The van der Waals surface area contributed by atoms with Gasteiger partial charge in [-0.05, 0) is 6.92 Å². The molecule has 0 unspecified atom stereocenters. The Bertz CT molecular complexity index is 551. The number of carboxylic acids is 1. The zero-order valence-corrected chi connectivity index (χ0v) is 11.0. The first-order valence-corrected chi connectivity index (χ1v) is 7.02. The lowest BCUT2D eigenvalue weighted by Crippen LogP contribution is -2.38. The van der Waals surface area contributed by atoms with Crippen molar-refractivity contribution in [2.24, 2.45) is 0 Å². The number of rotatable bonds is 6. The second-order valence-corrected chi connectivity index (χ2v) is 6.42. The van der Waals surface area contributed by atoms with E-state index < -0.39 is 35.0 Å². The lowest BCUT2D eigenvalue weighted by Gasteiger charge is -2.04. The third-order valence-electron chi connectivity index (χ3n) is 1.72. The van der Waals surface area contributed by atoms with Gasteiger partial charge in [0.2, 0.25) is 5.91 Å². The third-order valence-corrected chi connectivity index (χ3v) is 4.50. The summed E-state index contributed by atoms with van der Waals surface area (Å²) in [6.45, 7) is 0.579. The van der Waals surface area contributed by atoms with Gasteiger partial charge in [-0.25, -0.2) is 18.1 Å². The van der Waals surface area contributed by atoms with Crippen molar-refractivity contribution in [2.45, 2.75) is 11.1 Å². The minimum Gasteiger partial charge on any atom is -0.480 e. The number of nitrogens with one attached hydrogen (secondary N) is 2. The Morgan fingerprint density at radius 3 is 2.61 bits per heavy atom. The molecule has 1 rings (SSSR count). The van der Waals surface area contributed by atoms with Crippen molar-refractivity contribution in [3.05, 3.63) is 11.2 Å². The van der Waals surface area contributed by atoms with Gasteiger partial charge in [-0.3, -0.25) is 9.59 Å². The van der Waals surface area contributed by atoms with Gasteiger partial charge in [0.25, 0.3) is 10.0 Å². The van der Waals surface area contributed by atoms with Gasteiger partial charge in [-0.2, -0.15) is 0 Å². The second kappa shape index (κ2) is 5.89. The molecule has 0 radical (unpaired) electrons. The van der Waals surface area contributed by atoms with Gasteiger partial charge >= 0.3 is 5.97 Å². The number of aromatic nitrogens is 1. The molecule has 0 aliphatic heterocycles. The van der Waals surface area contributed by atoms with E-state index in [9.17, 15) is 18.0 Å². The molecule has 18 heavy (non-hydrogen) atoms. The Balaban J connectivity index is 2.52. The van der Waals surface area contributed by atoms with Crippen LogP contribution in [0.5, 0.6) is 0 Å². The average molecular weight is 293 g/mol. The molecule has 1 aromatic rings. The normalized spacial score (nSPS) is 11.2. The first-order chi connectivity index (χ1) is 8.31. The lowest BCUT2D eigenvalue weighted by atomic mass is 10.5. The van der Waals surface area contributed by atoms with Crippen LogP contribution in [0.25, 0.3) is 0 Å². The molecule has 0 aliphatic carbocycles. The largest absolute Gasteiger partial charge is 0.480 e. The van der Waals surface area contributed by atoms with E-state index in [1.54, 1.807) is 6.92 Å². The Labute approximate surface area is 107 Å². The van der Waals surface area contributed by atoms with Gasteiger partial charge in [0.1, 0.15) is 6.54 Å². The van der Waals surface area contributed by atoms with E-state index in [0.29, 0.717) is 5.01 Å². The Morgan fingerprint density at radius 1 is 1.44 bits per heavy atom. The summed E-state index contributed by atoms with van der Waals surface area (Å²) in [5.74, 6) is -1.92. The molecule has 3 N–H and O–H groups in total. The number of carbonyl (C=O) groups is 2. The van der Waals surface area contributed by atoms with Crippen LogP contribution in [0.2, 0.25) is 0 Å². The Morgan fingerprint density at radius 2 is 2.11 bits per heavy atom. The van der Waals surface area contributed by atoms with Crippen molar-refractivity contribution < 1.29 is 23.1 Å². The van der Waals surface area contributed by atoms with Crippen LogP contribution in [0.15, 0.2) is 10.4 Å². The monoisotopic (exact) mass is 293 g/mol. The number of aryl methyl sites for hydroxylation is 1. The number of carboxylic acid groups (broad SMARTS) is 1.